The molecule has 1 unspecified atom stereocenters. The fourth-order valence-electron chi connectivity index (χ4n) is 2.24. The number of carbonyl (C=O) groups is 2. The molecule has 1 saturated carbocycles. The van der Waals surface area contributed by atoms with Crippen LogP contribution in [0, 0.1) is 5.92 Å². The summed E-state index contributed by atoms with van der Waals surface area (Å²) in [6.45, 7) is 2.04. The number of amides is 2. The molecule has 0 bridgehead atoms. The van der Waals surface area contributed by atoms with Crippen molar-refractivity contribution in [1.29, 1.82) is 0 Å². The number of nitrogens with one attached hydrogen (secondary N) is 1. The summed E-state index contributed by atoms with van der Waals surface area (Å²) in [4.78, 5) is 25.0. The van der Waals surface area contributed by atoms with Crippen molar-refractivity contribution >= 4 is 12.0 Å². The Morgan fingerprint density at radius 3 is 2.45 bits per heavy atom. The second kappa shape index (κ2) is 5.53. The lowest BCUT2D eigenvalue weighted by Crippen LogP contribution is -2.56. The van der Waals surface area contributed by atoms with Crippen molar-refractivity contribution in [1.82, 2.24) is 10.2 Å². The fourth-order valence-corrected chi connectivity index (χ4v) is 2.24. The summed E-state index contributed by atoms with van der Waals surface area (Å²) in [6.07, 6.45) is 1.71. The molecule has 0 saturated heterocycles. The monoisotopic (exact) mass is 276 g/mol. The molecule has 1 aliphatic carbocycles. The summed E-state index contributed by atoms with van der Waals surface area (Å²) in [6, 6.07) is 9.24. The van der Waals surface area contributed by atoms with E-state index in [0.29, 0.717) is 6.54 Å². The van der Waals surface area contributed by atoms with Gasteiger partial charge in [-0.15, -0.1) is 0 Å². The first-order valence-electron chi connectivity index (χ1n) is 6.74. The third-order valence-electron chi connectivity index (χ3n) is 3.81. The summed E-state index contributed by atoms with van der Waals surface area (Å²) >= 11 is 0. The van der Waals surface area contributed by atoms with Crippen LogP contribution in [-0.4, -0.2) is 34.6 Å². The average Bonchev–Trinajstić information content (AvgIpc) is 3.24. The highest BCUT2D eigenvalue weighted by molar-refractivity contribution is 5.86. The zero-order valence-electron chi connectivity index (χ0n) is 11.8. The molecule has 2 N–H and O–H groups in total. The van der Waals surface area contributed by atoms with Gasteiger partial charge in [-0.25, -0.2) is 9.59 Å². The molecule has 2 rings (SSSR count). The van der Waals surface area contributed by atoms with Gasteiger partial charge in [0.1, 0.15) is 5.54 Å². The lowest BCUT2D eigenvalue weighted by Gasteiger charge is -2.29. The SMILES string of the molecule is CN(Cc1ccccc1)C(=O)NC(C)(C(=O)O)C1CC1. The number of carbonyl (C=O) groups excluding carboxylic acids is 1. The molecule has 108 valence electrons. The maximum absolute atomic E-state index is 12.2. The van der Waals surface area contributed by atoms with Crippen molar-refractivity contribution < 1.29 is 14.7 Å². The molecule has 0 aliphatic heterocycles. The molecule has 1 fully saturated rings. The molecular weight excluding hydrogens is 256 g/mol. The Hall–Kier alpha value is -2.04. The number of carboxylic acids is 1. The Morgan fingerprint density at radius 1 is 1.35 bits per heavy atom. The van der Waals surface area contributed by atoms with Crippen LogP contribution in [0.1, 0.15) is 25.3 Å². The Morgan fingerprint density at radius 2 is 1.95 bits per heavy atom. The summed E-state index contributed by atoms with van der Waals surface area (Å²) < 4.78 is 0. The molecule has 5 nitrogen and oxygen atoms in total. The van der Waals surface area contributed by atoms with Crippen LogP contribution < -0.4 is 5.32 Å². The Balaban J connectivity index is 1.98. The third-order valence-corrected chi connectivity index (χ3v) is 3.81. The van der Waals surface area contributed by atoms with Crippen molar-refractivity contribution in [3.8, 4) is 0 Å². The van der Waals surface area contributed by atoms with Crippen LogP contribution in [0.4, 0.5) is 4.79 Å². The van der Waals surface area contributed by atoms with E-state index in [1.165, 1.54) is 4.90 Å². The van der Waals surface area contributed by atoms with Gasteiger partial charge in [-0.2, -0.15) is 0 Å². The molecule has 0 heterocycles. The van der Waals surface area contributed by atoms with Crippen LogP contribution in [0.25, 0.3) is 0 Å². The van der Waals surface area contributed by atoms with Crippen molar-refractivity contribution in [3.63, 3.8) is 0 Å². The highest BCUT2D eigenvalue weighted by Crippen LogP contribution is 2.39. The summed E-state index contributed by atoms with van der Waals surface area (Å²) in [5.74, 6) is -0.935. The molecule has 0 radical (unpaired) electrons. The molecule has 1 aliphatic rings. The third kappa shape index (κ3) is 3.10. The van der Waals surface area contributed by atoms with Crippen LogP contribution in [0.15, 0.2) is 30.3 Å². The molecular formula is C15H20N2O3. The lowest BCUT2D eigenvalue weighted by atomic mass is 9.96. The first-order valence-corrected chi connectivity index (χ1v) is 6.74. The molecule has 20 heavy (non-hydrogen) atoms. The van der Waals surface area contributed by atoms with Crippen LogP contribution >= 0.6 is 0 Å². The minimum atomic E-state index is -1.16. The minimum Gasteiger partial charge on any atom is -0.480 e. The molecule has 1 aromatic carbocycles. The van der Waals surface area contributed by atoms with E-state index in [-0.39, 0.29) is 11.9 Å². The van der Waals surface area contributed by atoms with Gasteiger partial charge in [0.15, 0.2) is 0 Å². The van der Waals surface area contributed by atoms with Crippen LogP contribution in [0.3, 0.4) is 0 Å². The van der Waals surface area contributed by atoms with E-state index < -0.39 is 11.5 Å². The van der Waals surface area contributed by atoms with Crippen molar-refractivity contribution in [2.75, 3.05) is 7.05 Å². The number of benzene rings is 1. The van der Waals surface area contributed by atoms with Crippen LogP contribution in [-0.2, 0) is 11.3 Å². The molecule has 1 aromatic rings. The number of hydrogen-bond acceptors (Lipinski definition) is 2. The smallest absolute Gasteiger partial charge is 0.329 e. The van der Waals surface area contributed by atoms with E-state index in [2.05, 4.69) is 5.32 Å². The topological polar surface area (TPSA) is 69.6 Å². The summed E-state index contributed by atoms with van der Waals surface area (Å²) in [5, 5.41) is 12.0. The Kier molecular flexibility index (Phi) is 3.97. The van der Waals surface area contributed by atoms with E-state index in [4.69, 9.17) is 0 Å². The highest BCUT2D eigenvalue weighted by atomic mass is 16.4. The second-order valence-electron chi connectivity index (χ2n) is 5.55. The summed E-state index contributed by atoms with van der Waals surface area (Å²) in [5.41, 5.74) is -0.157. The maximum Gasteiger partial charge on any atom is 0.329 e. The Labute approximate surface area is 118 Å². The maximum atomic E-state index is 12.2. The van der Waals surface area contributed by atoms with Gasteiger partial charge in [-0.3, -0.25) is 0 Å². The molecule has 0 aromatic heterocycles. The Bertz CT molecular complexity index is 499. The standard InChI is InChI=1S/C15H20N2O3/c1-15(13(18)19,12-8-9-12)16-14(20)17(2)10-11-6-4-3-5-7-11/h3-7,12H,8-10H2,1-2H3,(H,16,20)(H,18,19). The van der Waals surface area contributed by atoms with Gasteiger partial charge in [0, 0.05) is 13.6 Å². The fraction of sp³-hybridized carbons (Fsp3) is 0.467. The van der Waals surface area contributed by atoms with Gasteiger partial charge in [0.25, 0.3) is 0 Å². The largest absolute Gasteiger partial charge is 0.480 e. The second-order valence-corrected chi connectivity index (χ2v) is 5.55. The number of aliphatic carboxylic acids is 1. The van der Waals surface area contributed by atoms with E-state index in [9.17, 15) is 14.7 Å². The van der Waals surface area contributed by atoms with Gasteiger partial charge in [-0.05, 0) is 31.2 Å². The lowest BCUT2D eigenvalue weighted by molar-refractivity contribution is -0.144. The predicted octanol–water partition coefficient (Wildman–Crippen LogP) is 2.08. The van der Waals surface area contributed by atoms with Crippen molar-refractivity contribution in [2.24, 2.45) is 5.92 Å². The number of nitrogens with zero attached hydrogens (tertiary/aromatic N) is 1. The highest BCUT2D eigenvalue weighted by Gasteiger charge is 2.48. The number of hydrogen-bond donors (Lipinski definition) is 2. The minimum absolute atomic E-state index is 0.0362. The van der Waals surface area contributed by atoms with Crippen molar-refractivity contribution in [2.45, 2.75) is 31.8 Å². The molecule has 5 heteroatoms. The van der Waals surface area contributed by atoms with E-state index in [0.717, 1.165) is 18.4 Å². The van der Waals surface area contributed by atoms with E-state index >= 15 is 0 Å². The van der Waals surface area contributed by atoms with Gasteiger partial charge in [0.05, 0.1) is 0 Å². The van der Waals surface area contributed by atoms with Gasteiger partial charge < -0.3 is 15.3 Å². The van der Waals surface area contributed by atoms with E-state index in [1.807, 2.05) is 30.3 Å². The van der Waals surface area contributed by atoms with E-state index in [1.54, 1.807) is 14.0 Å². The number of carboxylic acid groups (broad SMARTS) is 1. The van der Waals surface area contributed by atoms with Crippen molar-refractivity contribution in [3.05, 3.63) is 35.9 Å². The number of rotatable bonds is 5. The van der Waals surface area contributed by atoms with Gasteiger partial charge in [0.2, 0.25) is 0 Å². The molecule has 0 spiro atoms. The zero-order chi connectivity index (χ0) is 14.8. The summed E-state index contributed by atoms with van der Waals surface area (Å²) in [7, 11) is 1.66. The molecule has 2 amide bonds. The molecule has 1 atom stereocenters. The normalized spacial score (nSPS) is 17.1. The quantitative estimate of drug-likeness (QED) is 0.865. The first-order chi connectivity index (χ1) is 9.43. The van der Waals surface area contributed by atoms with Gasteiger partial charge >= 0.3 is 12.0 Å². The average molecular weight is 276 g/mol. The predicted molar refractivity (Wildman–Crippen MR) is 75.2 cm³/mol. The van der Waals surface area contributed by atoms with Crippen LogP contribution in [0.2, 0.25) is 0 Å². The first kappa shape index (κ1) is 14.4. The zero-order valence-corrected chi connectivity index (χ0v) is 11.8. The van der Waals surface area contributed by atoms with Crippen LogP contribution in [0.5, 0.6) is 0 Å². The van der Waals surface area contributed by atoms with Gasteiger partial charge in [-0.1, -0.05) is 30.3 Å². The number of urea groups is 1.